The highest BCUT2D eigenvalue weighted by atomic mass is 32.2. The number of hydrogen-bond donors (Lipinski definition) is 1. The fourth-order valence-electron chi connectivity index (χ4n) is 2.91. The van der Waals surface area contributed by atoms with Gasteiger partial charge in [-0.2, -0.15) is 5.26 Å². The minimum atomic E-state index is -0.474. The topological polar surface area (TPSA) is 123 Å². The van der Waals surface area contributed by atoms with Gasteiger partial charge in [-0.3, -0.25) is 10.1 Å². The van der Waals surface area contributed by atoms with Gasteiger partial charge in [-0.15, -0.1) is 0 Å². The predicted molar refractivity (Wildman–Crippen MR) is 118 cm³/mol. The van der Waals surface area contributed by atoms with E-state index in [1.54, 1.807) is 24.3 Å². The number of thioether (sulfide) groups is 1. The second-order valence-corrected chi connectivity index (χ2v) is 7.12. The van der Waals surface area contributed by atoms with Gasteiger partial charge in [-0.1, -0.05) is 17.8 Å². The van der Waals surface area contributed by atoms with Gasteiger partial charge < -0.3 is 14.8 Å². The number of aromatic nitrogens is 2. The molecule has 0 saturated heterocycles. The van der Waals surface area contributed by atoms with Crippen molar-refractivity contribution >= 4 is 29.0 Å². The van der Waals surface area contributed by atoms with Gasteiger partial charge in [0.1, 0.15) is 11.6 Å². The molecule has 0 atom stereocenters. The largest absolute Gasteiger partial charge is 0.493 e. The smallest absolute Gasteiger partial charge is 0.271 e. The summed E-state index contributed by atoms with van der Waals surface area (Å²) in [7, 11) is 3.07. The minimum Gasteiger partial charge on any atom is -0.493 e. The summed E-state index contributed by atoms with van der Waals surface area (Å²) in [5, 5.41) is 24.6. The van der Waals surface area contributed by atoms with E-state index in [0.29, 0.717) is 33.6 Å². The maximum atomic E-state index is 11.2. The van der Waals surface area contributed by atoms with Crippen LogP contribution in [0.25, 0.3) is 11.3 Å². The number of nitro groups is 1. The molecule has 0 saturated carbocycles. The molecular weight excluding hydrogens is 418 g/mol. The predicted octanol–water partition coefficient (Wildman–Crippen LogP) is 4.71. The maximum absolute atomic E-state index is 11.2. The Morgan fingerprint density at radius 2 is 1.87 bits per heavy atom. The van der Waals surface area contributed by atoms with E-state index in [2.05, 4.69) is 21.4 Å². The fraction of sp³-hybridized carbons (Fsp3) is 0.190. The van der Waals surface area contributed by atoms with E-state index in [4.69, 9.17) is 9.47 Å². The summed E-state index contributed by atoms with van der Waals surface area (Å²) in [6.45, 7) is 1.81. The Labute approximate surface area is 183 Å². The van der Waals surface area contributed by atoms with Gasteiger partial charge >= 0.3 is 0 Å². The molecule has 3 aromatic rings. The zero-order valence-corrected chi connectivity index (χ0v) is 18.1. The van der Waals surface area contributed by atoms with E-state index in [1.807, 2.05) is 13.2 Å². The second kappa shape index (κ2) is 9.32. The minimum absolute atomic E-state index is 0.0640. The first-order chi connectivity index (χ1) is 14.9. The van der Waals surface area contributed by atoms with Crippen molar-refractivity contribution in [2.45, 2.75) is 12.1 Å². The Hall–Kier alpha value is -3.84. The van der Waals surface area contributed by atoms with E-state index >= 15 is 0 Å². The van der Waals surface area contributed by atoms with Gasteiger partial charge in [0, 0.05) is 23.4 Å². The van der Waals surface area contributed by atoms with E-state index in [-0.39, 0.29) is 17.1 Å². The quantitative estimate of drug-likeness (QED) is 0.242. The number of benzene rings is 2. The molecule has 0 spiro atoms. The summed E-state index contributed by atoms with van der Waals surface area (Å²) >= 11 is 1.32. The highest BCUT2D eigenvalue weighted by molar-refractivity contribution is 7.98. The average Bonchev–Trinajstić information content (AvgIpc) is 2.79. The van der Waals surface area contributed by atoms with Crippen LogP contribution in [0.2, 0.25) is 0 Å². The van der Waals surface area contributed by atoms with Crippen molar-refractivity contribution in [2.24, 2.45) is 0 Å². The number of methoxy groups -OCH3 is 2. The lowest BCUT2D eigenvalue weighted by Crippen LogP contribution is -2.05. The number of aryl methyl sites for hydroxylation is 1. The molecule has 158 valence electrons. The summed E-state index contributed by atoms with van der Waals surface area (Å²) in [4.78, 5) is 19.6. The summed E-state index contributed by atoms with van der Waals surface area (Å²) in [6, 6.07) is 11.9. The highest BCUT2D eigenvalue weighted by Crippen LogP contribution is 2.36. The Kier molecular flexibility index (Phi) is 6.57. The first-order valence-electron chi connectivity index (χ1n) is 9.02. The number of nitrogens with one attached hydrogen (secondary N) is 1. The molecule has 2 aromatic carbocycles. The van der Waals surface area contributed by atoms with Crippen LogP contribution in [-0.2, 0) is 0 Å². The third kappa shape index (κ3) is 4.51. The van der Waals surface area contributed by atoms with Gasteiger partial charge in [-0.05, 0) is 36.9 Å². The first kappa shape index (κ1) is 21.9. The van der Waals surface area contributed by atoms with E-state index in [0.717, 1.165) is 5.56 Å². The Morgan fingerprint density at radius 3 is 2.48 bits per heavy atom. The zero-order chi connectivity index (χ0) is 22.5. The summed E-state index contributed by atoms with van der Waals surface area (Å²) < 4.78 is 10.7. The number of rotatable bonds is 7. The van der Waals surface area contributed by atoms with Crippen molar-refractivity contribution in [1.82, 2.24) is 9.97 Å². The van der Waals surface area contributed by atoms with Crippen LogP contribution in [0.1, 0.15) is 11.1 Å². The Bertz CT molecular complexity index is 1190. The molecule has 0 bridgehead atoms. The number of hydrogen-bond acceptors (Lipinski definition) is 9. The van der Waals surface area contributed by atoms with Crippen LogP contribution in [0.4, 0.5) is 17.2 Å². The Balaban J connectivity index is 2.17. The monoisotopic (exact) mass is 437 g/mol. The van der Waals surface area contributed by atoms with Crippen LogP contribution in [0, 0.1) is 28.4 Å². The molecule has 0 radical (unpaired) electrons. The van der Waals surface area contributed by atoms with Gasteiger partial charge in [0.15, 0.2) is 22.5 Å². The molecular formula is C21H19N5O4S. The molecule has 1 heterocycles. The van der Waals surface area contributed by atoms with Crippen molar-refractivity contribution in [2.75, 3.05) is 25.8 Å². The molecule has 0 amide bonds. The van der Waals surface area contributed by atoms with Crippen LogP contribution in [0.3, 0.4) is 0 Å². The van der Waals surface area contributed by atoms with Crippen molar-refractivity contribution in [1.29, 1.82) is 5.26 Å². The number of nitrogens with zero attached hydrogens (tertiary/aromatic N) is 4. The third-order valence-electron chi connectivity index (χ3n) is 4.52. The van der Waals surface area contributed by atoms with Crippen LogP contribution in [0.5, 0.6) is 11.5 Å². The van der Waals surface area contributed by atoms with E-state index < -0.39 is 4.92 Å². The van der Waals surface area contributed by atoms with Crippen LogP contribution in [0.15, 0.2) is 41.6 Å². The SMILES string of the molecule is COc1ccc(-c2nc(SC)nc(Nc3cc([N+](=O)[O-])ccc3C)c2C#N)cc1OC. The second-order valence-electron chi connectivity index (χ2n) is 6.35. The maximum Gasteiger partial charge on any atom is 0.271 e. The van der Waals surface area contributed by atoms with Gasteiger partial charge in [0.2, 0.25) is 0 Å². The molecule has 9 nitrogen and oxygen atoms in total. The third-order valence-corrected chi connectivity index (χ3v) is 5.07. The van der Waals surface area contributed by atoms with Crippen molar-refractivity contribution < 1.29 is 14.4 Å². The molecule has 3 rings (SSSR count). The van der Waals surface area contributed by atoms with Gasteiger partial charge in [0.25, 0.3) is 5.69 Å². The summed E-state index contributed by atoms with van der Waals surface area (Å²) in [5.74, 6) is 1.31. The molecule has 1 aromatic heterocycles. The molecule has 0 aliphatic rings. The standard InChI is InChI=1S/C21H19N5O4S/c1-12-5-7-14(26(27)28)10-16(12)23-20-15(11-22)19(24-21(25-20)31-4)13-6-8-17(29-2)18(9-13)30-3/h5-10H,1-4H3,(H,23,24,25). The lowest BCUT2D eigenvalue weighted by Gasteiger charge is -2.15. The first-order valence-corrected chi connectivity index (χ1v) is 10.2. The molecule has 0 aliphatic heterocycles. The van der Waals surface area contributed by atoms with Gasteiger partial charge in [0.05, 0.1) is 24.8 Å². The number of non-ortho nitro benzene ring substituents is 1. The van der Waals surface area contributed by atoms with Crippen LogP contribution < -0.4 is 14.8 Å². The normalized spacial score (nSPS) is 10.3. The van der Waals surface area contributed by atoms with Crippen molar-refractivity contribution in [3.05, 3.63) is 57.6 Å². The molecule has 0 unspecified atom stereocenters. The fourth-order valence-corrected chi connectivity index (χ4v) is 3.27. The van der Waals surface area contributed by atoms with Crippen molar-refractivity contribution in [3.63, 3.8) is 0 Å². The Morgan fingerprint density at radius 1 is 1.13 bits per heavy atom. The van der Waals surface area contributed by atoms with E-state index in [1.165, 1.54) is 38.1 Å². The zero-order valence-electron chi connectivity index (χ0n) is 17.3. The number of nitriles is 1. The molecule has 31 heavy (non-hydrogen) atoms. The number of anilines is 2. The molecule has 0 fully saturated rings. The molecule has 10 heteroatoms. The number of nitro benzene ring substituents is 1. The number of ether oxygens (including phenoxy) is 2. The molecule has 0 aliphatic carbocycles. The average molecular weight is 437 g/mol. The molecule has 1 N–H and O–H groups in total. The van der Waals surface area contributed by atoms with Crippen LogP contribution >= 0.6 is 11.8 Å². The lowest BCUT2D eigenvalue weighted by molar-refractivity contribution is -0.384. The lowest BCUT2D eigenvalue weighted by atomic mass is 10.1. The summed E-state index contributed by atoms with van der Waals surface area (Å²) in [6.07, 6.45) is 1.82. The highest BCUT2D eigenvalue weighted by Gasteiger charge is 2.19. The van der Waals surface area contributed by atoms with E-state index in [9.17, 15) is 15.4 Å². The van der Waals surface area contributed by atoms with Gasteiger partial charge in [-0.25, -0.2) is 9.97 Å². The van der Waals surface area contributed by atoms with Crippen molar-refractivity contribution in [3.8, 4) is 28.8 Å². The van der Waals surface area contributed by atoms with Crippen LogP contribution in [-0.4, -0.2) is 35.4 Å². The summed E-state index contributed by atoms with van der Waals surface area (Å²) in [5.41, 5.74) is 2.45.